The monoisotopic (exact) mass is 366 g/mol. The van der Waals surface area contributed by atoms with E-state index in [0.29, 0.717) is 10.6 Å². The van der Waals surface area contributed by atoms with Gasteiger partial charge >= 0.3 is 6.18 Å². The predicted octanol–water partition coefficient (Wildman–Crippen LogP) is 5.27. The molecule has 0 fully saturated rings. The van der Waals surface area contributed by atoms with Crippen LogP contribution in [0.25, 0.3) is 11.3 Å². The van der Waals surface area contributed by atoms with E-state index in [9.17, 15) is 18.0 Å². The van der Waals surface area contributed by atoms with Gasteiger partial charge in [0, 0.05) is 17.3 Å². The van der Waals surface area contributed by atoms with E-state index in [1.54, 1.807) is 24.3 Å². The molecule has 0 bridgehead atoms. The number of anilines is 1. The second kappa shape index (κ2) is 6.60. The highest BCUT2D eigenvalue weighted by molar-refractivity contribution is 6.33. The van der Waals surface area contributed by atoms with Crippen LogP contribution in [0, 0.1) is 0 Å². The molecule has 1 aromatic heterocycles. The first kappa shape index (κ1) is 17.0. The van der Waals surface area contributed by atoms with Crippen molar-refractivity contribution >= 4 is 23.2 Å². The third kappa shape index (κ3) is 3.83. The Morgan fingerprint density at radius 3 is 2.56 bits per heavy atom. The summed E-state index contributed by atoms with van der Waals surface area (Å²) in [5.74, 6) is -0.416. The van der Waals surface area contributed by atoms with E-state index < -0.39 is 17.6 Å². The normalized spacial score (nSPS) is 11.4. The highest BCUT2D eigenvalue weighted by atomic mass is 35.5. The topological polar surface area (TPSA) is 55.1 Å². The minimum absolute atomic E-state index is 0.00196. The first-order chi connectivity index (χ1) is 11.8. The molecule has 128 valence electrons. The first-order valence-corrected chi connectivity index (χ1v) is 7.42. The van der Waals surface area contributed by atoms with Gasteiger partial charge in [0.25, 0.3) is 5.91 Å². The fourth-order valence-corrected chi connectivity index (χ4v) is 2.37. The molecular formula is C17H10ClF3N2O2. The highest BCUT2D eigenvalue weighted by Gasteiger charge is 2.30. The maximum Gasteiger partial charge on any atom is 0.416 e. The largest absolute Gasteiger partial charge is 0.416 e. The van der Waals surface area contributed by atoms with Crippen LogP contribution in [0.2, 0.25) is 5.02 Å². The van der Waals surface area contributed by atoms with Gasteiger partial charge in [0.1, 0.15) is 0 Å². The molecular weight excluding hydrogens is 357 g/mol. The zero-order chi connectivity index (χ0) is 18.0. The summed E-state index contributed by atoms with van der Waals surface area (Å²) in [6, 6.07) is 12.5. The molecule has 4 nitrogen and oxygen atoms in total. The van der Waals surface area contributed by atoms with Crippen molar-refractivity contribution in [2.75, 3.05) is 5.32 Å². The van der Waals surface area contributed by atoms with Gasteiger partial charge in [-0.25, -0.2) is 0 Å². The molecule has 3 aromatic rings. The third-order valence-electron chi connectivity index (χ3n) is 3.33. The molecule has 0 atom stereocenters. The zero-order valence-corrected chi connectivity index (χ0v) is 13.2. The fraction of sp³-hybridized carbons (Fsp3) is 0.0588. The number of carbonyl (C=O) groups excluding carboxylic acids is 1. The summed E-state index contributed by atoms with van der Waals surface area (Å²) in [5, 5.41) is 6.41. The zero-order valence-electron chi connectivity index (χ0n) is 12.5. The number of nitrogens with zero attached hydrogens (tertiary/aromatic N) is 1. The van der Waals surface area contributed by atoms with Gasteiger partial charge in [-0.2, -0.15) is 13.2 Å². The number of halogens is 4. The number of amides is 1. The summed E-state index contributed by atoms with van der Waals surface area (Å²) in [6.07, 6.45) is -4.49. The Morgan fingerprint density at radius 1 is 1.08 bits per heavy atom. The van der Waals surface area contributed by atoms with Crippen LogP contribution in [0.4, 0.5) is 18.9 Å². The van der Waals surface area contributed by atoms with Gasteiger partial charge in [0.2, 0.25) is 0 Å². The van der Waals surface area contributed by atoms with Gasteiger partial charge in [-0.05, 0) is 30.3 Å². The van der Waals surface area contributed by atoms with E-state index in [-0.39, 0.29) is 17.1 Å². The summed E-state index contributed by atoms with van der Waals surface area (Å²) in [6.45, 7) is 0. The number of rotatable bonds is 3. The number of alkyl halides is 3. The molecule has 1 heterocycles. The van der Waals surface area contributed by atoms with Gasteiger partial charge in [-0.3, -0.25) is 4.79 Å². The Balaban J connectivity index is 1.80. The van der Waals surface area contributed by atoms with Gasteiger partial charge in [-0.15, -0.1) is 0 Å². The lowest BCUT2D eigenvalue weighted by Gasteiger charge is -2.08. The Bertz CT molecular complexity index is 922. The molecule has 8 heteroatoms. The average molecular weight is 367 g/mol. The van der Waals surface area contributed by atoms with Crippen LogP contribution in [0.5, 0.6) is 0 Å². The summed E-state index contributed by atoms with van der Waals surface area (Å²) in [7, 11) is 0. The van der Waals surface area contributed by atoms with Crippen molar-refractivity contribution in [3.05, 3.63) is 70.9 Å². The quantitative estimate of drug-likeness (QED) is 0.687. The number of benzene rings is 2. The molecule has 2 aromatic carbocycles. The summed E-state index contributed by atoms with van der Waals surface area (Å²) < 4.78 is 43.2. The lowest BCUT2D eigenvalue weighted by Crippen LogP contribution is -2.13. The van der Waals surface area contributed by atoms with Crippen molar-refractivity contribution in [1.29, 1.82) is 0 Å². The van der Waals surface area contributed by atoms with Crippen molar-refractivity contribution in [2.45, 2.75) is 6.18 Å². The van der Waals surface area contributed by atoms with Crippen LogP contribution in [-0.2, 0) is 6.18 Å². The molecule has 0 spiro atoms. The van der Waals surface area contributed by atoms with Crippen molar-refractivity contribution in [2.24, 2.45) is 0 Å². The molecule has 3 rings (SSSR count). The second-order valence-corrected chi connectivity index (χ2v) is 5.50. The van der Waals surface area contributed by atoms with Crippen LogP contribution in [0.3, 0.4) is 0 Å². The van der Waals surface area contributed by atoms with Gasteiger partial charge in [-0.1, -0.05) is 35.0 Å². The summed E-state index contributed by atoms with van der Waals surface area (Å²) in [4.78, 5) is 12.2. The van der Waals surface area contributed by atoms with Crippen LogP contribution in [0.15, 0.2) is 59.1 Å². The van der Waals surface area contributed by atoms with Crippen molar-refractivity contribution < 1.29 is 22.5 Å². The first-order valence-electron chi connectivity index (χ1n) is 7.05. The minimum Gasteiger partial charge on any atom is -0.355 e. The van der Waals surface area contributed by atoms with E-state index in [2.05, 4.69) is 10.5 Å². The fourth-order valence-electron chi connectivity index (χ4n) is 2.14. The van der Waals surface area contributed by atoms with E-state index in [1.807, 2.05) is 0 Å². The molecule has 1 N–H and O–H groups in total. The number of carbonyl (C=O) groups is 1. The average Bonchev–Trinajstić information content (AvgIpc) is 3.04. The predicted molar refractivity (Wildman–Crippen MR) is 86.3 cm³/mol. The lowest BCUT2D eigenvalue weighted by molar-refractivity contribution is -0.137. The van der Waals surface area contributed by atoms with Crippen LogP contribution >= 0.6 is 11.6 Å². The molecule has 0 radical (unpaired) electrons. The number of nitrogens with one attached hydrogen (secondary N) is 1. The SMILES string of the molecule is O=C(Nc1cccc(C(F)(F)F)c1)c1cc(-c2ccccc2Cl)on1. The molecule has 0 saturated carbocycles. The van der Waals surface area contributed by atoms with E-state index >= 15 is 0 Å². The van der Waals surface area contributed by atoms with Crippen LogP contribution in [0.1, 0.15) is 16.1 Å². The molecule has 25 heavy (non-hydrogen) atoms. The number of hydrogen-bond acceptors (Lipinski definition) is 3. The third-order valence-corrected chi connectivity index (χ3v) is 3.66. The second-order valence-electron chi connectivity index (χ2n) is 5.09. The Kier molecular flexibility index (Phi) is 4.50. The van der Waals surface area contributed by atoms with Crippen molar-refractivity contribution in [1.82, 2.24) is 5.16 Å². The highest BCUT2D eigenvalue weighted by Crippen LogP contribution is 2.31. The summed E-state index contributed by atoms with van der Waals surface area (Å²) >= 11 is 6.04. The van der Waals surface area contributed by atoms with E-state index in [0.717, 1.165) is 12.1 Å². The number of hydrogen-bond donors (Lipinski definition) is 1. The van der Waals surface area contributed by atoms with Crippen molar-refractivity contribution in [3.8, 4) is 11.3 Å². The van der Waals surface area contributed by atoms with Crippen LogP contribution in [-0.4, -0.2) is 11.1 Å². The molecule has 1 amide bonds. The number of aromatic nitrogens is 1. The standard InChI is InChI=1S/C17H10ClF3N2O2/c18-13-7-2-1-6-12(13)15-9-14(23-25-15)16(24)22-11-5-3-4-10(8-11)17(19,20)21/h1-9H,(H,22,24). The maximum absolute atomic E-state index is 12.7. The molecule has 0 unspecified atom stereocenters. The van der Waals surface area contributed by atoms with E-state index in [4.69, 9.17) is 16.1 Å². The molecule has 0 aliphatic rings. The lowest BCUT2D eigenvalue weighted by atomic mass is 10.1. The molecule has 0 saturated heterocycles. The van der Waals surface area contributed by atoms with Gasteiger partial charge in [0.05, 0.1) is 10.6 Å². The maximum atomic E-state index is 12.7. The smallest absolute Gasteiger partial charge is 0.355 e. The van der Waals surface area contributed by atoms with Gasteiger partial charge in [0.15, 0.2) is 11.5 Å². The molecule has 0 aliphatic carbocycles. The van der Waals surface area contributed by atoms with Gasteiger partial charge < -0.3 is 9.84 Å². The minimum atomic E-state index is -4.49. The molecule has 0 aliphatic heterocycles. The Hall–Kier alpha value is -2.80. The van der Waals surface area contributed by atoms with E-state index in [1.165, 1.54) is 18.2 Å². The Morgan fingerprint density at radius 2 is 1.84 bits per heavy atom. The van der Waals surface area contributed by atoms with Crippen molar-refractivity contribution in [3.63, 3.8) is 0 Å². The Labute approximate surface area is 145 Å². The van der Waals surface area contributed by atoms with Crippen LogP contribution < -0.4 is 5.32 Å². The summed E-state index contributed by atoms with van der Waals surface area (Å²) in [5.41, 5.74) is -0.383.